The van der Waals surface area contributed by atoms with Crippen LogP contribution in [-0.2, 0) is 4.79 Å². The first-order chi connectivity index (χ1) is 5.77. The van der Waals surface area contributed by atoms with Crippen LogP contribution in [0.15, 0.2) is 12.7 Å². The summed E-state index contributed by atoms with van der Waals surface area (Å²) in [4.78, 5) is 10.0. The molecule has 2 nitrogen and oxygen atoms in total. The van der Waals surface area contributed by atoms with Gasteiger partial charge in [0.15, 0.2) is 0 Å². The summed E-state index contributed by atoms with van der Waals surface area (Å²) in [5, 5.41) is 10.0. The Balaban J connectivity index is 0. The van der Waals surface area contributed by atoms with E-state index in [2.05, 4.69) is 6.58 Å². The van der Waals surface area contributed by atoms with Crippen molar-refractivity contribution in [1.82, 2.24) is 0 Å². The molecule has 0 aromatic carbocycles. The summed E-state index contributed by atoms with van der Waals surface area (Å²) in [6.45, 7) is 3.63. The van der Waals surface area contributed by atoms with Crippen LogP contribution in [0, 0.1) is 0 Å². The first-order valence-corrected chi connectivity index (χ1v) is 4.58. The van der Waals surface area contributed by atoms with Gasteiger partial charge < -0.3 is 9.90 Å². The van der Waals surface area contributed by atoms with Gasteiger partial charge in [0.1, 0.15) is 0 Å². The van der Waals surface area contributed by atoms with E-state index in [4.69, 9.17) is 0 Å². The molecule has 0 bridgehead atoms. The molecule has 3 heteroatoms. The van der Waals surface area contributed by atoms with Crippen LogP contribution in [-0.4, -0.2) is 5.97 Å². The summed E-state index contributed by atoms with van der Waals surface area (Å²) in [5.74, 6) is -0.930. The zero-order valence-electron chi connectivity index (χ0n) is 8.55. The van der Waals surface area contributed by atoms with Gasteiger partial charge in [0, 0.05) is 5.97 Å². The van der Waals surface area contributed by atoms with Crippen LogP contribution in [0.4, 0.5) is 0 Å². The largest absolute Gasteiger partial charge is 1.00 e. The van der Waals surface area contributed by atoms with Crippen molar-refractivity contribution in [1.29, 1.82) is 0 Å². The fraction of sp³-hybridized carbons (Fsp3) is 0.700. The molecule has 0 heterocycles. The van der Waals surface area contributed by atoms with Crippen molar-refractivity contribution in [2.75, 3.05) is 0 Å². The van der Waals surface area contributed by atoms with E-state index in [-0.39, 0.29) is 25.3 Å². The Labute approximate surface area is 92.6 Å². The number of aliphatic carboxylic acids is 1. The van der Waals surface area contributed by atoms with E-state index in [9.17, 15) is 9.90 Å². The molecule has 0 aromatic heterocycles. The Morgan fingerprint density at radius 2 is 1.69 bits per heavy atom. The van der Waals surface area contributed by atoms with Crippen molar-refractivity contribution in [2.45, 2.75) is 44.9 Å². The van der Waals surface area contributed by atoms with Gasteiger partial charge in [-0.05, 0) is 25.7 Å². The second-order valence-electron chi connectivity index (χ2n) is 2.97. The van der Waals surface area contributed by atoms with Crippen LogP contribution >= 0.6 is 0 Å². The molecular weight excluding hydrogens is 159 g/mol. The van der Waals surface area contributed by atoms with Crippen molar-refractivity contribution >= 4 is 5.97 Å². The van der Waals surface area contributed by atoms with Gasteiger partial charge in [0.2, 0.25) is 0 Å². The number of hydrogen-bond acceptors (Lipinski definition) is 2. The topological polar surface area (TPSA) is 40.1 Å². The second-order valence-corrected chi connectivity index (χ2v) is 2.97. The van der Waals surface area contributed by atoms with E-state index in [0.717, 1.165) is 25.7 Å². The summed E-state index contributed by atoms with van der Waals surface area (Å²) < 4.78 is 0. The first-order valence-electron chi connectivity index (χ1n) is 4.58. The molecule has 0 amide bonds. The van der Waals surface area contributed by atoms with Crippen LogP contribution in [0.5, 0.6) is 0 Å². The number of allylic oxidation sites excluding steroid dienone is 1. The smallest absolute Gasteiger partial charge is 0.550 e. The number of carbonyl (C=O) groups excluding carboxylic acids is 1. The second kappa shape index (κ2) is 11.8. The molecule has 0 rings (SSSR count). The van der Waals surface area contributed by atoms with Crippen molar-refractivity contribution in [3.05, 3.63) is 12.7 Å². The number of carboxylic acids is 1. The molecule has 0 N–H and O–H groups in total. The Morgan fingerprint density at radius 1 is 1.15 bits per heavy atom. The Morgan fingerprint density at radius 3 is 2.23 bits per heavy atom. The molecule has 0 spiro atoms. The van der Waals surface area contributed by atoms with E-state index in [1.807, 2.05) is 6.08 Å². The summed E-state index contributed by atoms with van der Waals surface area (Å²) in [5.41, 5.74) is 0. The summed E-state index contributed by atoms with van der Waals surface area (Å²) in [7, 11) is 0. The van der Waals surface area contributed by atoms with E-state index in [1.165, 1.54) is 12.8 Å². The molecule has 0 saturated carbocycles. The Kier molecular flexibility index (Phi) is 13.9. The van der Waals surface area contributed by atoms with Crippen molar-refractivity contribution < 1.29 is 28.8 Å². The van der Waals surface area contributed by atoms with Crippen LogP contribution < -0.4 is 24.0 Å². The Hall–Kier alpha value is -0.193. The molecule has 0 fully saturated rings. The summed E-state index contributed by atoms with van der Waals surface area (Å²) >= 11 is 0. The normalized spacial score (nSPS) is 8.92. The van der Waals surface area contributed by atoms with Crippen molar-refractivity contribution in [3.63, 3.8) is 0 Å². The van der Waals surface area contributed by atoms with Crippen LogP contribution in [0.2, 0.25) is 0 Å². The molecule has 0 atom stereocenters. The van der Waals surface area contributed by atoms with E-state index >= 15 is 0 Å². The van der Waals surface area contributed by atoms with Gasteiger partial charge in [0.25, 0.3) is 0 Å². The molecule has 0 aliphatic heterocycles. The maximum atomic E-state index is 10.0. The maximum absolute atomic E-state index is 10.0. The maximum Gasteiger partial charge on any atom is 1.00 e. The molecule has 0 radical (unpaired) electrons. The third-order valence-electron chi connectivity index (χ3n) is 1.79. The molecule has 0 unspecified atom stereocenters. The molecule has 0 aliphatic carbocycles. The minimum absolute atomic E-state index is 0. The van der Waals surface area contributed by atoms with Gasteiger partial charge in [-0.25, -0.2) is 0 Å². The number of rotatable bonds is 8. The molecule has 0 saturated heterocycles. The van der Waals surface area contributed by atoms with Crippen LogP contribution in [0.25, 0.3) is 0 Å². The summed E-state index contributed by atoms with van der Waals surface area (Å²) in [6.07, 6.45) is 8.44. The summed E-state index contributed by atoms with van der Waals surface area (Å²) in [6, 6.07) is 0. The quantitative estimate of drug-likeness (QED) is 0.261. The fourth-order valence-electron chi connectivity index (χ4n) is 1.09. The molecule has 0 aromatic rings. The average molecular weight is 176 g/mol. The molecule has 0 aliphatic rings. The number of carbonyl (C=O) groups is 1. The number of hydrogen-bond donors (Lipinski definition) is 0. The Bertz CT molecular complexity index is 135. The van der Waals surface area contributed by atoms with Crippen molar-refractivity contribution in [2.24, 2.45) is 0 Å². The van der Waals surface area contributed by atoms with E-state index in [1.54, 1.807) is 0 Å². The van der Waals surface area contributed by atoms with Gasteiger partial charge in [0.05, 0.1) is 0 Å². The van der Waals surface area contributed by atoms with Crippen molar-refractivity contribution in [3.8, 4) is 0 Å². The van der Waals surface area contributed by atoms with Crippen LogP contribution in [0.3, 0.4) is 0 Å². The predicted molar refractivity (Wildman–Crippen MR) is 47.5 cm³/mol. The zero-order valence-corrected chi connectivity index (χ0v) is 8.55. The first kappa shape index (κ1) is 15.3. The minimum atomic E-state index is -0.930. The monoisotopic (exact) mass is 176 g/mol. The predicted octanol–water partition coefficient (Wildman–Crippen LogP) is -1.34. The standard InChI is InChI=1S/C10H18O2.Li/c1-2-3-4-5-6-7-8-9-10(11)12;/h2H,1,3-9H2,(H,11,12);/q;+1/p-1. The number of unbranched alkanes of at least 4 members (excludes halogenated alkanes) is 5. The average Bonchev–Trinajstić information content (AvgIpc) is 2.02. The third kappa shape index (κ3) is 14.6. The van der Waals surface area contributed by atoms with Gasteiger partial charge >= 0.3 is 18.9 Å². The van der Waals surface area contributed by atoms with Gasteiger partial charge in [-0.1, -0.05) is 25.3 Å². The van der Waals surface area contributed by atoms with Gasteiger partial charge in [-0.3, -0.25) is 0 Å². The SMILES string of the molecule is C=CCCCCCCCC(=O)[O-].[Li+]. The van der Waals surface area contributed by atoms with Gasteiger partial charge in [-0.15, -0.1) is 6.58 Å². The molecule has 13 heavy (non-hydrogen) atoms. The zero-order chi connectivity index (χ0) is 9.23. The minimum Gasteiger partial charge on any atom is -0.550 e. The number of carboxylic acid groups (broad SMARTS) is 1. The van der Waals surface area contributed by atoms with E-state index in [0.29, 0.717) is 0 Å². The fourth-order valence-corrected chi connectivity index (χ4v) is 1.09. The molecule has 70 valence electrons. The third-order valence-corrected chi connectivity index (χ3v) is 1.79. The van der Waals surface area contributed by atoms with Gasteiger partial charge in [-0.2, -0.15) is 0 Å². The van der Waals surface area contributed by atoms with E-state index < -0.39 is 5.97 Å². The van der Waals surface area contributed by atoms with Crippen LogP contribution in [0.1, 0.15) is 44.9 Å². The molecular formula is C10H17LiO2.